The molecule has 1 amide bonds. The van der Waals surface area contributed by atoms with Crippen LogP contribution in [0.1, 0.15) is 55.5 Å². The number of carbonyl (C=O) groups excluding carboxylic acids is 1. The number of rotatable bonds is 9. The summed E-state index contributed by atoms with van der Waals surface area (Å²) in [6.07, 6.45) is 3.93. The number of thiol groups is 1. The van der Waals surface area contributed by atoms with Crippen molar-refractivity contribution in [2.24, 2.45) is 21.6 Å². The van der Waals surface area contributed by atoms with Crippen molar-refractivity contribution in [1.82, 2.24) is 29.4 Å². The molecule has 0 bridgehead atoms. The molecule has 2 aliphatic heterocycles. The predicted molar refractivity (Wildman–Crippen MR) is 270 cm³/mol. The second kappa shape index (κ2) is 30.3. The third-order valence-electron chi connectivity index (χ3n) is 8.54. The first-order valence-corrected chi connectivity index (χ1v) is 20.7. The Morgan fingerprint density at radius 2 is 1.51 bits per heavy atom. The Balaban J connectivity index is -0.000000262. The first-order chi connectivity index (χ1) is 33.4. The number of nitrogens with zero attached hydrogens (tertiary/aromatic N) is 9. The summed E-state index contributed by atoms with van der Waals surface area (Å²) in [5.74, 6) is 56.5. The molecule has 4 aromatic rings. The van der Waals surface area contributed by atoms with E-state index in [1.54, 1.807) is 36.9 Å². The Morgan fingerprint density at radius 3 is 2.00 bits per heavy atom. The van der Waals surface area contributed by atoms with Gasteiger partial charge < -0.3 is 14.4 Å². The van der Waals surface area contributed by atoms with E-state index in [9.17, 15) is 9.59 Å². The van der Waals surface area contributed by atoms with E-state index in [0.717, 1.165) is 52.2 Å². The average Bonchev–Trinajstić information content (AvgIpc) is 4.13. The standard InChI is InChI=1S/C24H25N5O4S.C24H6.H3N5O4S.9H2/c1-32-17-6-4-15(5-7-17)11-28-23-20(21-25-14-26-29(21)24(28)31)18-3-2-9-27(12-19(18)34-23)22(30)16-8-10-33-13-16;1-3-5-7-9-11-13-15-17-19-21-23-24-22-20-18-16-14-12-10-8-6-4-2;1-2-3-4-5(7-6)8-9-10;;;;;;;;;/h4-7,14,16H,2-3,8-13H2,1H3;1-2H3;1,6,10H;9*1H/b;;2-1?,4-3+;;;;;;;;;/t16-;;;;;;;;;;;/m1.........../s1. The number of hydrogen-bond donors (Lipinski definition) is 3. The van der Waals surface area contributed by atoms with Gasteiger partial charge in [-0.3, -0.25) is 9.36 Å². The number of ether oxygens (including phenoxy) is 2. The summed E-state index contributed by atoms with van der Waals surface area (Å²) < 4.78 is 17.5. The van der Waals surface area contributed by atoms with Crippen LogP contribution in [0.5, 0.6) is 5.75 Å². The van der Waals surface area contributed by atoms with Crippen molar-refractivity contribution in [2.45, 2.75) is 46.2 Å². The SMILES string of the molecule is CC#CC#CC#CC#CC#CC#CC#CC#CC#CC#CC#CC.COc1ccc(Cn2c(=O)n3ncnc3c3c4c(sc32)CN(C(=O)[C@@H]2CCOC2)CCC4)cc1.N=N/N=N/N(OO)OOS.[HH].[HH].[HH].[HH].[HH].[HH].[HH].[HH].[HH]. The summed E-state index contributed by atoms with van der Waals surface area (Å²) in [6.45, 7) is 6.26. The molecular formula is C48H52N10O8S2. The number of amides is 1. The van der Waals surface area contributed by atoms with Crippen molar-refractivity contribution >= 4 is 46.0 Å². The van der Waals surface area contributed by atoms with Crippen LogP contribution in [0, 0.1) is 142 Å². The van der Waals surface area contributed by atoms with Gasteiger partial charge in [-0.2, -0.15) is 15.1 Å². The molecule has 0 aliphatic carbocycles. The molecule has 0 saturated carbocycles. The molecule has 354 valence electrons. The van der Waals surface area contributed by atoms with Crippen molar-refractivity contribution in [3.05, 3.63) is 57.1 Å². The lowest BCUT2D eigenvalue weighted by atomic mass is 10.1. The van der Waals surface area contributed by atoms with E-state index in [2.05, 4.69) is 183 Å². The zero-order valence-electron chi connectivity index (χ0n) is 36.3. The Kier molecular flexibility index (Phi) is 23.0. The number of aromatic nitrogens is 4. The number of nitrogens with one attached hydrogen (secondary N) is 1. The second-order valence-corrected chi connectivity index (χ2v) is 13.8. The normalized spacial score (nSPS) is 12.1. The first kappa shape index (κ1) is 51.7. The van der Waals surface area contributed by atoms with Gasteiger partial charge in [0.2, 0.25) is 5.91 Å². The summed E-state index contributed by atoms with van der Waals surface area (Å²) >= 11 is 4.70. The number of hydrogen-bond acceptors (Lipinski definition) is 14. The van der Waals surface area contributed by atoms with Gasteiger partial charge in [-0.05, 0) is 167 Å². The highest BCUT2D eigenvalue weighted by Crippen LogP contribution is 2.37. The minimum atomic E-state index is -0.219. The third-order valence-corrected chi connectivity index (χ3v) is 9.85. The van der Waals surface area contributed by atoms with Gasteiger partial charge in [0.05, 0.1) is 43.4 Å². The summed E-state index contributed by atoms with van der Waals surface area (Å²) in [6, 6.07) is 7.72. The lowest BCUT2D eigenvalue weighted by Gasteiger charge is -2.23. The molecule has 0 radical (unpaired) electrons. The van der Waals surface area contributed by atoms with Gasteiger partial charge in [-0.15, -0.1) is 15.7 Å². The molecule has 1 atom stereocenters. The molecular weight excluding hydrogens is 909 g/mol. The maximum atomic E-state index is 13.4. The number of thiophene rings is 1. The molecule has 0 spiro atoms. The fourth-order valence-corrected chi connectivity index (χ4v) is 7.21. The van der Waals surface area contributed by atoms with Gasteiger partial charge in [-0.1, -0.05) is 29.0 Å². The molecule has 1 aromatic carbocycles. The minimum Gasteiger partial charge on any atom is -0.497 e. The number of aryl methyl sites for hydroxylation is 1. The van der Waals surface area contributed by atoms with Crippen LogP contribution in [0.25, 0.3) is 15.9 Å². The van der Waals surface area contributed by atoms with Crippen LogP contribution in [0.3, 0.4) is 0 Å². The van der Waals surface area contributed by atoms with Gasteiger partial charge in [0.15, 0.2) is 5.65 Å². The molecule has 0 unspecified atom stereocenters. The monoisotopic (exact) mass is 960 g/mol. The molecule has 1 fully saturated rings. The summed E-state index contributed by atoms with van der Waals surface area (Å²) in [5.41, 5.74) is 8.63. The van der Waals surface area contributed by atoms with Crippen LogP contribution in [-0.4, -0.2) is 67.4 Å². The quantitative estimate of drug-likeness (QED) is 0.0415. The minimum absolute atomic E-state index is 0. The Hall–Kier alpha value is -8.89. The van der Waals surface area contributed by atoms with E-state index in [1.807, 2.05) is 29.2 Å². The van der Waals surface area contributed by atoms with Crippen LogP contribution in [0.2, 0.25) is 0 Å². The first-order valence-electron chi connectivity index (χ1n) is 19.5. The fourth-order valence-electron chi connectivity index (χ4n) is 5.80. The highest BCUT2D eigenvalue weighted by molar-refractivity contribution is 7.74. The average molecular weight is 961 g/mol. The fraction of sp³-hybridized carbons (Fsp3) is 0.250. The molecule has 6 rings (SSSR count). The van der Waals surface area contributed by atoms with Gasteiger partial charge in [-0.25, -0.2) is 15.0 Å². The molecule has 68 heavy (non-hydrogen) atoms. The van der Waals surface area contributed by atoms with Gasteiger partial charge in [0.1, 0.15) is 16.9 Å². The Morgan fingerprint density at radius 1 is 0.941 bits per heavy atom. The lowest BCUT2D eigenvalue weighted by molar-refractivity contribution is -0.572. The number of methoxy groups -OCH3 is 1. The van der Waals surface area contributed by atoms with E-state index in [1.165, 1.54) is 16.4 Å². The van der Waals surface area contributed by atoms with E-state index >= 15 is 0 Å². The maximum absolute atomic E-state index is 13.4. The Bertz CT molecular complexity index is 3240. The molecule has 18 nitrogen and oxygen atoms in total. The van der Waals surface area contributed by atoms with Crippen molar-refractivity contribution in [1.29, 1.82) is 5.53 Å². The smallest absolute Gasteiger partial charge is 0.352 e. The molecule has 20 heteroatoms. The third kappa shape index (κ3) is 16.6. The topological polar surface area (TPSA) is 203 Å². The van der Waals surface area contributed by atoms with Crippen molar-refractivity contribution in [3.8, 4) is 136 Å². The van der Waals surface area contributed by atoms with E-state index in [-0.39, 0.29) is 35.7 Å². The van der Waals surface area contributed by atoms with Crippen molar-refractivity contribution in [3.63, 3.8) is 0 Å². The Labute approximate surface area is 414 Å². The molecule has 5 heterocycles. The lowest BCUT2D eigenvalue weighted by Crippen LogP contribution is -2.36. The van der Waals surface area contributed by atoms with Gasteiger partial charge >= 0.3 is 5.69 Å². The summed E-state index contributed by atoms with van der Waals surface area (Å²) in [4.78, 5) is 42.1. The van der Waals surface area contributed by atoms with Crippen LogP contribution < -0.4 is 10.4 Å². The summed E-state index contributed by atoms with van der Waals surface area (Å²) in [7, 11) is 1.63. The molecule has 2 N–H and O–H groups in total. The van der Waals surface area contributed by atoms with E-state index in [4.69, 9.17) is 20.3 Å². The highest BCUT2D eigenvalue weighted by atomic mass is 32.1. The van der Waals surface area contributed by atoms with Crippen molar-refractivity contribution in [2.75, 3.05) is 26.9 Å². The molecule has 2 aliphatic rings. The van der Waals surface area contributed by atoms with Crippen LogP contribution >= 0.6 is 24.2 Å². The largest absolute Gasteiger partial charge is 0.497 e. The predicted octanol–water partition coefficient (Wildman–Crippen LogP) is 6.47. The summed E-state index contributed by atoms with van der Waals surface area (Å²) in [5, 5.41) is 20.9. The van der Waals surface area contributed by atoms with E-state index in [0.29, 0.717) is 32.0 Å². The second-order valence-electron chi connectivity index (χ2n) is 12.6. The zero-order chi connectivity index (χ0) is 48.6. The van der Waals surface area contributed by atoms with Crippen LogP contribution in [-0.2, 0) is 43.4 Å². The highest BCUT2D eigenvalue weighted by Gasteiger charge is 2.31. The zero-order valence-corrected chi connectivity index (χ0v) is 38.0. The molecule has 1 saturated heterocycles. The number of carbonyl (C=O) groups is 1. The van der Waals surface area contributed by atoms with Crippen molar-refractivity contribution < 1.29 is 46.7 Å². The van der Waals surface area contributed by atoms with Gasteiger partial charge in [0, 0.05) is 72.7 Å². The van der Waals surface area contributed by atoms with Crippen LogP contribution in [0.4, 0.5) is 0 Å². The number of benzene rings is 1. The van der Waals surface area contributed by atoms with E-state index < -0.39 is 0 Å². The van der Waals surface area contributed by atoms with Crippen LogP contribution in [0.15, 0.2) is 51.1 Å². The maximum Gasteiger partial charge on any atom is 0.352 e. The molecule has 3 aromatic heterocycles. The van der Waals surface area contributed by atoms with Gasteiger partial charge in [0.25, 0.3) is 0 Å². The number of fused-ring (bicyclic) bond motifs is 5.